The van der Waals surface area contributed by atoms with Crippen molar-refractivity contribution in [3.63, 3.8) is 0 Å². The van der Waals surface area contributed by atoms with Crippen LogP contribution < -0.4 is 0 Å². The molecule has 0 spiro atoms. The molecule has 0 radical (unpaired) electrons. The fourth-order valence-electron chi connectivity index (χ4n) is 2.31. The van der Waals surface area contributed by atoms with Crippen LogP contribution in [0.15, 0.2) is 24.3 Å². The first-order chi connectivity index (χ1) is 11.0. The van der Waals surface area contributed by atoms with E-state index in [-0.39, 0.29) is 12.0 Å². The maximum Gasteiger partial charge on any atom is 0.409 e. The fourth-order valence-corrected chi connectivity index (χ4v) is 2.50. The number of benzene rings is 1. The van der Waals surface area contributed by atoms with Gasteiger partial charge in [-0.3, -0.25) is 4.79 Å². The van der Waals surface area contributed by atoms with Crippen LogP contribution in [-0.4, -0.2) is 54.6 Å². The normalized spacial score (nSPS) is 15.1. The van der Waals surface area contributed by atoms with Crippen LogP contribution in [0.4, 0.5) is 4.79 Å². The monoisotopic (exact) mass is 336 g/mol. The van der Waals surface area contributed by atoms with Crippen LogP contribution in [0, 0.1) is 6.92 Å². The van der Waals surface area contributed by atoms with Crippen molar-refractivity contribution in [2.75, 3.05) is 32.8 Å². The first kappa shape index (κ1) is 17.3. The molecular formula is C17H21ClN2O3. The minimum absolute atomic E-state index is 0.0646. The highest BCUT2D eigenvalue weighted by Gasteiger charge is 2.23. The quantitative estimate of drug-likeness (QED) is 0.797. The van der Waals surface area contributed by atoms with Gasteiger partial charge in [-0.2, -0.15) is 0 Å². The summed E-state index contributed by atoms with van der Waals surface area (Å²) in [5.74, 6) is -0.0646. The zero-order valence-corrected chi connectivity index (χ0v) is 14.2. The number of rotatable bonds is 3. The number of piperazine rings is 1. The summed E-state index contributed by atoms with van der Waals surface area (Å²) in [5, 5.41) is 0.683. The van der Waals surface area contributed by atoms with E-state index in [1.807, 2.05) is 25.1 Å². The van der Waals surface area contributed by atoms with Gasteiger partial charge in [0, 0.05) is 37.3 Å². The highest BCUT2D eigenvalue weighted by atomic mass is 35.5. The molecule has 1 aliphatic heterocycles. The minimum Gasteiger partial charge on any atom is -0.450 e. The summed E-state index contributed by atoms with van der Waals surface area (Å²) < 4.78 is 4.96. The van der Waals surface area contributed by atoms with Crippen molar-refractivity contribution in [1.82, 2.24) is 9.80 Å². The summed E-state index contributed by atoms with van der Waals surface area (Å²) in [6, 6.07) is 5.67. The van der Waals surface area contributed by atoms with E-state index in [4.69, 9.17) is 16.3 Å². The van der Waals surface area contributed by atoms with E-state index < -0.39 is 0 Å². The zero-order valence-electron chi connectivity index (χ0n) is 13.4. The topological polar surface area (TPSA) is 49.9 Å². The lowest BCUT2D eigenvalue weighted by Crippen LogP contribution is -2.50. The van der Waals surface area contributed by atoms with Gasteiger partial charge in [0.2, 0.25) is 5.91 Å². The Morgan fingerprint density at radius 3 is 2.48 bits per heavy atom. The minimum atomic E-state index is -0.315. The lowest BCUT2D eigenvalue weighted by molar-refractivity contribution is -0.127. The van der Waals surface area contributed by atoms with Gasteiger partial charge in [-0.15, -0.1) is 0 Å². The van der Waals surface area contributed by atoms with E-state index in [2.05, 4.69) is 0 Å². The van der Waals surface area contributed by atoms with Crippen molar-refractivity contribution in [3.8, 4) is 0 Å². The Bertz CT molecular complexity index is 608. The Hall–Kier alpha value is -2.01. The maximum atomic E-state index is 12.2. The average molecular weight is 337 g/mol. The predicted molar refractivity (Wildman–Crippen MR) is 90.4 cm³/mol. The van der Waals surface area contributed by atoms with Crippen molar-refractivity contribution in [2.45, 2.75) is 13.8 Å². The molecule has 23 heavy (non-hydrogen) atoms. The highest BCUT2D eigenvalue weighted by Crippen LogP contribution is 2.17. The molecule has 1 fully saturated rings. The fraction of sp³-hybridized carbons (Fsp3) is 0.412. The van der Waals surface area contributed by atoms with Crippen LogP contribution in [0.3, 0.4) is 0 Å². The van der Waals surface area contributed by atoms with E-state index in [1.165, 1.54) is 0 Å². The predicted octanol–water partition coefficient (Wildman–Crippen LogP) is 2.96. The van der Waals surface area contributed by atoms with E-state index in [1.54, 1.807) is 28.9 Å². The number of aryl methyl sites for hydroxylation is 1. The van der Waals surface area contributed by atoms with Crippen LogP contribution in [0.25, 0.3) is 6.08 Å². The highest BCUT2D eigenvalue weighted by molar-refractivity contribution is 6.31. The molecule has 1 aromatic rings. The first-order valence-corrected chi connectivity index (χ1v) is 8.04. The van der Waals surface area contributed by atoms with Crippen LogP contribution in [0.5, 0.6) is 0 Å². The number of hydrogen-bond acceptors (Lipinski definition) is 3. The zero-order chi connectivity index (χ0) is 16.8. The molecule has 0 aromatic heterocycles. The van der Waals surface area contributed by atoms with Crippen LogP contribution >= 0.6 is 11.6 Å². The second kappa shape index (κ2) is 8.02. The molecule has 0 bridgehead atoms. The van der Waals surface area contributed by atoms with E-state index in [0.29, 0.717) is 37.8 Å². The first-order valence-electron chi connectivity index (χ1n) is 7.66. The number of amides is 2. The van der Waals surface area contributed by atoms with Gasteiger partial charge in [0.25, 0.3) is 0 Å². The Balaban J connectivity index is 1.88. The number of nitrogens with zero attached hydrogens (tertiary/aromatic N) is 2. The Labute approximate surface area is 141 Å². The maximum absolute atomic E-state index is 12.2. The summed E-state index contributed by atoms with van der Waals surface area (Å²) >= 11 is 6.07. The summed E-state index contributed by atoms with van der Waals surface area (Å²) in [4.78, 5) is 27.2. The summed E-state index contributed by atoms with van der Waals surface area (Å²) in [7, 11) is 0. The lowest BCUT2D eigenvalue weighted by Gasteiger charge is -2.33. The molecule has 124 valence electrons. The third-order valence-corrected chi connectivity index (χ3v) is 4.14. The van der Waals surface area contributed by atoms with E-state index >= 15 is 0 Å². The molecule has 0 aliphatic carbocycles. The average Bonchev–Trinajstić information content (AvgIpc) is 2.56. The Morgan fingerprint density at radius 2 is 1.87 bits per heavy atom. The van der Waals surface area contributed by atoms with Crippen molar-refractivity contribution in [3.05, 3.63) is 40.4 Å². The molecule has 0 atom stereocenters. The smallest absolute Gasteiger partial charge is 0.409 e. The van der Waals surface area contributed by atoms with Crippen molar-refractivity contribution < 1.29 is 14.3 Å². The van der Waals surface area contributed by atoms with E-state index in [9.17, 15) is 9.59 Å². The van der Waals surface area contributed by atoms with Gasteiger partial charge >= 0.3 is 6.09 Å². The molecule has 1 aliphatic rings. The molecule has 0 saturated carbocycles. The van der Waals surface area contributed by atoms with Crippen LogP contribution in [-0.2, 0) is 9.53 Å². The van der Waals surface area contributed by atoms with E-state index in [0.717, 1.165) is 11.1 Å². The molecule has 2 amide bonds. The Kier molecular flexibility index (Phi) is 6.04. The largest absolute Gasteiger partial charge is 0.450 e. The van der Waals surface area contributed by atoms with Crippen molar-refractivity contribution in [2.24, 2.45) is 0 Å². The molecule has 0 N–H and O–H groups in total. The van der Waals surface area contributed by atoms with Gasteiger partial charge in [-0.05, 0) is 37.1 Å². The van der Waals surface area contributed by atoms with Gasteiger partial charge in [-0.1, -0.05) is 23.7 Å². The summed E-state index contributed by atoms with van der Waals surface area (Å²) in [6.45, 7) is 6.08. The van der Waals surface area contributed by atoms with Gasteiger partial charge in [0.15, 0.2) is 0 Å². The summed E-state index contributed by atoms with van der Waals surface area (Å²) in [5.41, 5.74) is 1.89. The summed E-state index contributed by atoms with van der Waals surface area (Å²) in [6.07, 6.45) is 2.98. The molecule has 6 heteroatoms. The van der Waals surface area contributed by atoms with Crippen LogP contribution in [0.1, 0.15) is 18.1 Å². The molecule has 2 rings (SSSR count). The third-order valence-electron chi connectivity index (χ3n) is 3.73. The molecule has 5 nitrogen and oxygen atoms in total. The number of ether oxygens (including phenoxy) is 1. The molecule has 1 saturated heterocycles. The van der Waals surface area contributed by atoms with Gasteiger partial charge in [0.1, 0.15) is 0 Å². The number of hydrogen-bond donors (Lipinski definition) is 0. The standard InChI is InChI=1S/C17H21ClN2O3/c1-3-23-17(22)20-10-8-19(9-11-20)16(21)7-6-14-5-4-13(2)15(18)12-14/h4-7,12H,3,8-11H2,1-2H3/b7-6+. The van der Waals surface area contributed by atoms with Gasteiger partial charge in [-0.25, -0.2) is 4.79 Å². The molecule has 1 aromatic carbocycles. The second-order valence-corrected chi connectivity index (χ2v) is 5.76. The number of carbonyl (C=O) groups excluding carboxylic acids is 2. The molecule has 0 unspecified atom stereocenters. The van der Waals surface area contributed by atoms with Gasteiger partial charge < -0.3 is 14.5 Å². The van der Waals surface area contributed by atoms with Crippen LogP contribution in [0.2, 0.25) is 5.02 Å². The van der Waals surface area contributed by atoms with Crippen molar-refractivity contribution in [1.29, 1.82) is 0 Å². The SMILES string of the molecule is CCOC(=O)N1CCN(C(=O)/C=C/c2ccc(C)c(Cl)c2)CC1. The molecule has 1 heterocycles. The molecular weight excluding hydrogens is 316 g/mol. The van der Waals surface area contributed by atoms with Gasteiger partial charge in [0.05, 0.1) is 6.61 Å². The second-order valence-electron chi connectivity index (χ2n) is 5.35. The third kappa shape index (κ3) is 4.73. The Morgan fingerprint density at radius 1 is 1.22 bits per heavy atom. The number of carbonyl (C=O) groups is 2. The van der Waals surface area contributed by atoms with Crippen molar-refractivity contribution >= 4 is 29.7 Å². The lowest BCUT2D eigenvalue weighted by atomic mass is 10.1. The number of halogens is 1.